The van der Waals surface area contributed by atoms with Gasteiger partial charge < -0.3 is 49.3 Å². The minimum absolute atomic E-state index is 0.00411. The zero-order chi connectivity index (χ0) is 45.7. The van der Waals surface area contributed by atoms with Crippen LogP contribution in [-0.2, 0) is 50.9 Å². The molecular formula is C38H75O19P3S. The van der Waals surface area contributed by atoms with Crippen molar-refractivity contribution < 1.29 is 90.6 Å². The number of hydrogen-bond acceptors (Lipinski definition) is 15. The Bertz CT molecular complexity index is 1280. The molecular weight excluding hydrogens is 885 g/mol. The van der Waals surface area contributed by atoms with E-state index in [0.29, 0.717) is 12.8 Å². The Labute approximate surface area is 366 Å². The number of unbranched alkanes of at least 4 members (excludes halogenated alkanes) is 21. The molecule has 8 atom stereocenters. The van der Waals surface area contributed by atoms with E-state index in [2.05, 4.69) is 28.6 Å². The van der Waals surface area contributed by atoms with E-state index in [4.69, 9.17) is 18.5 Å². The molecule has 0 saturated heterocycles. The molecule has 8 N–H and O–H groups in total. The van der Waals surface area contributed by atoms with Crippen LogP contribution in [0.25, 0.3) is 0 Å². The molecule has 1 aliphatic rings. The van der Waals surface area contributed by atoms with Crippen molar-refractivity contribution in [3.63, 3.8) is 0 Å². The Balaban J connectivity index is 2.79. The average molecular weight is 961 g/mol. The van der Waals surface area contributed by atoms with Gasteiger partial charge in [-0.05, 0) is 25.0 Å². The number of rotatable bonds is 38. The summed E-state index contributed by atoms with van der Waals surface area (Å²) < 4.78 is 65.3. The maximum absolute atomic E-state index is 13.1. The summed E-state index contributed by atoms with van der Waals surface area (Å²) in [6, 6.07) is 0. The molecule has 61 heavy (non-hydrogen) atoms. The van der Waals surface area contributed by atoms with Crippen molar-refractivity contribution in [3.05, 3.63) is 0 Å². The fraction of sp³-hybridized carbons (Fsp3) is 0.947. The van der Waals surface area contributed by atoms with Gasteiger partial charge in [0.25, 0.3) is 0 Å². The highest BCUT2D eigenvalue weighted by Gasteiger charge is 2.56. The van der Waals surface area contributed by atoms with E-state index in [0.717, 1.165) is 76.4 Å². The second kappa shape index (κ2) is 33.0. The topological polar surface area (TPSA) is 303 Å². The molecule has 0 spiro atoms. The summed E-state index contributed by atoms with van der Waals surface area (Å²) in [5.74, 6) is -0.407. The van der Waals surface area contributed by atoms with Crippen LogP contribution in [0, 0.1) is 0 Å². The molecule has 1 aliphatic carbocycles. The molecule has 23 heteroatoms. The number of thiol groups is 1. The zero-order valence-electron chi connectivity index (χ0n) is 35.7. The molecule has 1 saturated carbocycles. The molecule has 19 nitrogen and oxygen atoms in total. The van der Waals surface area contributed by atoms with Gasteiger partial charge in [0.1, 0.15) is 43.2 Å². The highest BCUT2D eigenvalue weighted by Crippen LogP contribution is 2.51. The first-order valence-electron chi connectivity index (χ1n) is 21.9. The highest BCUT2D eigenvalue weighted by atomic mass is 32.1. The van der Waals surface area contributed by atoms with Crippen molar-refractivity contribution in [2.75, 3.05) is 19.0 Å². The number of phosphoric acid groups is 3. The molecule has 0 aromatic carbocycles. The maximum atomic E-state index is 13.1. The first-order chi connectivity index (χ1) is 28.8. The van der Waals surface area contributed by atoms with Crippen molar-refractivity contribution >= 4 is 48.0 Å². The van der Waals surface area contributed by atoms with Crippen LogP contribution in [0.15, 0.2) is 0 Å². The van der Waals surface area contributed by atoms with E-state index in [9.17, 15) is 63.1 Å². The van der Waals surface area contributed by atoms with Gasteiger partial charge in [-0.25, -0.2) is 13.7 Å². The highest BCUT2D eigenvalue weighted by molar-refractivity contribution is 7.80. The summed E-state index contributed by atoms with van der Waals surface area (Å²) >= 11 is 4.22. The largest absolute Gasteiger partial charge is 0.472 e. The summed E-state index contributed by atoms with van der Waals surface area (Å²) in [6.45, 7) is 0.699. The lowest BCUT2D eigenvalue weighted by molar-refractivity contribution is -0.213. The van der Waals surface area contributed by atoms with E-state index in [1.165, 1.54) is 64.2 Å². The van der Waals surface area contributed by atoms with Crippen LogP contribution in [-0.4, -0.2) is 113 Å². The molecule has 4 unspecified atom stereocenters. The summed E-state index contributed by atoms with van der Waals surface area (Å²) in [5, 5.41) is 31.8. The van der Waals surface area contributed by atoms with Crippen molar-refractivity contribution in [2.24, 2.45) is 0 Å². The summed E-state index contributed by atoms with van der Waals surface area (Å²) in [5.41, 5.74) is 0. The second-order valence-electron chi connectivity index (χ2n) is 15.7. The third-order valence-corrected chi connectivity index (χ3v) is 12.6. The maximum Gasteiger partial charge on any atom is 0.472 e. The minimum Gasteiger partial charge on any atom is -0.462 e. The van der Waals surface area contributed by atoms with Crippen molar-refractivity contribution in [2.45, 2.75) is 210 Å². The Morgan fingerprint density at radius 3 is 1.23 bits per heavy atom. The van der Waals surface area contributed by atoms with Gasteiger partial charge in [-0.15, -0.1) is 0 Å². The van der Waals surface area contributed by atoms with Crippen LogP contribution in [0.2, 0.25) is 0 Å². The Kier molecular flexibility index (Phi) is 31.7. The zero-order valence-corrected chi connectivity index (χ0v) is 39.3. The summed E-state index contributed by atoms with van der Waals surface area (Å²) in [6.07, 6.45) is 8.30. The molecule has 0 heterocycles. The quantitative estimate of drug-likeness (QED) is 0.0135. The standard InChI is InChI=1S/C38H75O19P3S/c1-2-3-4-5-6-7-8-9-10-14-17-20-23-26-32(40)54-30(28-52-31(39)25-22-19-16-13-11-12-15-18-21-24-27-61)29-53-60(50,51)57-38-34(42)36(55-58(44,45)46)33(41)37(35(38)43)56-59(47,48)49/h30,33-38,41-43,61H,2-29H2,1H3,(H,50,51)(H2,44,45,46)(H2,47,48,49)/t30-,33?,34+,35?,36+,37-,38?/m1/s1. The van der Waals surface area contributed by atoms with Crippen molar-refractivity contribution in [3.8, 4) is 0 Å². The number of carbonyl (C=O) groups excluding carboxylic acids is 2. The van der Waals surface area contributed by atoms with Gasteiger partial charge in [-0.2, -0.15) is 12.6 Å². The second-order valence-corrected chi connectivity index (χ2v) is 20.0. The SMILES string of the molecule is CCCCCCCCCCCCCCCC(=O)O[C@H](COC(=O)CCCCCCCCCCCCS)COP(=O)(O)OC1C(O)[C@H](OP(=O)(O)O)C(O)[C@H](OP(=O)(O)O)[C@@H]1O. The number of phosphoric ester groups is 3. The molecule has 1 rings (SSSR count). The fourth-order valence-corrected chi connectivity index (χ4v) is 9.25. The average Bonchev–Trinajstić information content (AvgIpc) is 3.18. The number of hydrogen-bond donors (Lipinski definition) is 9. The van der Waals surface area contributed by atoms with Crippen LogP contribution in [0.3, 0.4) is 0 Å². The van der Waals surface area contributed by atoms with E-state index in [-0.39, 0.29) is 12.8 Å². The van der Waals surface area contributed by atoms with Gasteiger partial charge in [-0.3, -0.25) is 27.7 Å². The van der Waals surface area contributed by atoms with Gasteiger partial charge in [0.15, 0.2) is 6.10 Å². The van der Waals surface area contributed by atoms with Gasteiger partial charge in [0.2, 0.25) is 0 Å². The van der Waals surface area contributed by atoms with E-state index in [1.807, 2.05) is 0 Å². The molecule has 0 aromatic rings. The molecule has 0 aliphatic heterocycles. The predicted molar refractivity (Wildman–Crippen MR) is 228 cm³/mol. The Morgan fingerprint density at radius 2 is 0.852 bits per heavy atom. The fourth-order valence-electron chi connectivity index (χ4n) is 6.92. The van der Waals surface area contributed by atoms with Crippen LogP contribution in [0.4, 0.5) is 0 Å². The minimum atomic E-state index is -5.54. The van der Waals surface area contributed by atoms with Gasteiger partial charge in [0.05, 0.1) is 6.61 Å². The van der Waals surface area contributed by atoms with Gasteiger partial charge in [0, 0.05) is 12.8 Å². The van der Waals surface area contributed by atoms with Crippen LogP contribution in [0.1, 0.15) is 167 Å². The molecule has 0 radical (unpaired) electrons. The predicted octanol–water partition coefficient (Wildman–Crippen LogP) is 6.70. The monoisotopic (exact) mass is 960 g/mol. The number of ether oxygens (including phenoxy) is 2. The summed E-state index contributed by atoms with van der Waals surface area (Å²) in [7, 11) is -16.6. The lowest BCUT2D eigenvalue weighted by Crippen LogP contribution is -2.65. The van der Waals surface area contributed by atoms with Crippen LogP contribution in [0.5, 0.6) is 0 Å². The molecule has 0 amide bonds. The summed E-state index contributed by atoms with van der Waals surface area (Å²) in [4.78, 5) is 73.0. The number of aliphatic hydroxyl groups is 3. The van der Waals surface area contributed by atoms with E-state index >= 15 is 0 Å². The van der Waals surface area contributed by atoms with Gasteiger partial charge >= 0.3 is 35.4 Å². The lowest BCUT2D eigenvalue weighted by Gasteiger charge is -2.44. The Hall–Kier alpha value is -0.500. The van der Waals surface area contributed by atoms with Gasteiger partial charge in [-0.1, -0.05) is 135 Å². The number of esters is 2. The van der Waals surface area contributed by atoms with Crippen molar-refractivity contribution in [1.82, 2.24) is 0 Å². The van der Waals surface area contributed by atoms with E-state index < -0.39 is 91.3 Å². The molecule has 362 valence electrons. The first kappa shape index (κ1) is 58.5. The van der Waals surface area contributed by atoms with E-state index in [1.54, 1.807) is 0 Å². The van der Waals surface area contributed by atoms with Crippen LogP contribution < -0.4 is 0 Å². The first-order valence-corrected chi connectivity index (χ1v) is 27.1. The number of carbonyl (C=O) groups is 2. The number of aliphatic hydroxyl groups excluding tert-OH is 3. The molecule has 0 aromatic heterocycles. The Morgan fingerprint density at radius 1 is 0.508 bits per heavy atom. The molecule has 0 bridgehead atoms. The van der Waals surface area contributed by atoms with Crippen molar-refractivity contribution in [1.29, 1.82) is 0 Å². The third kappa shape index (κ3) is 29.6. The lowest BCUT2D eigenvalue weighted by atomic mass is 9.85. The normalized spacial score (nSPS) is 22.5. The molecule has 1 fully saturated rings. The smallest absolute Gasteiger partial charge is 0.462 e. The van der Waals surface area contributed by atoms with Crippen LogP contribution >= 0.6 is 36.1 Å². The third-order valence-electron chi connectivity index (χ3n) is 10.2.